The van der Waals surface area contributed by atoms with E-state index in [1.807, 2.05) is 30.3 Å². The minimum atomic E-state index is -0.374. The lowest BCUT2D eigenvalue weighted by atomic mass is 10.0. The van der Waals surface area contributed by atoms with Crippen molar-refractivity contribution in [2.75, 3.05) is 12.4 Å². The van der Waals surface area contributed by atoms with Gasteiger partial charge in [0, 0.05) is 40.7 Å². The number of aromatic amines is 2. The van der Waals surface area contributed by atoms with Crippen LogP contribution in [-0.2, 0) is 4.79 Å². The van der Waals surface area contributed by atoms with Crippen LogP contribution in [0.3, 0.4) is 0 Å². The fourth-order valence-electron chi connectivity index (χ4n) is 4.90. The van der Waals surface area contributed by atoms with Gasteiger partial charge < -0.3 is 15.0 Å². The van der Waals surface area contributed by atoms with Gasteiger partial charge in [-0.2, -0.15) is 5.10 Å². The third-order valence-corrected chi connectivity index (χ3v) is 7.06. The molecule has 39 heavy (non-hydrogen) atoms. The Morgan fingerprint density at radius 1 is 1.00 bits per heavy atom. The maximum absolute atomic E-state index is 14.3. The molecule has 0 aliphatic heterocycles. The number of fused-ring (bicyclic) bond motifs is 2. The number of hydrogen-bond donors (Lipinski definition) is 3. The third kappa shape index (κ3) is 4.27. The van der Waals surface area contributed by atoms with Crippen molar-refractivity contribution in [3.05, 3.63) is 79.0 Å². The van der Waals surface area contributed by atoms with Gasteiger partial charge in [-0.25, -0.2) is 9.37 Å². The molecular formula is C30H23FN6O2. The monoisotopic (exact) mass is 518 g/mol. The first-order valence-electron chi connectivity index (χ1n) is 12.6. The molecule has 0 saturated heterocycles. The zero-order valence-electron chi connectivity index (χ0n) is 21.0. The van der Waals surface area contributed by atoms with Gasteiger partial charge in [0.1, 0.15) is 22.9 Å². The second-order valence-electron chi connectivity index (χ2n) is 9.74. The Bertz CT molecular complexity index is 1890. The molecule has 0 spiro atoms. The number of nitrogens with one attached hydrogen (secondary N) is 3. The van der Waals surface area contributed by atoms with Crippen LogP contribution in [0.1, 0.15) is 12.8 Å². The van der Waals surface area contributed by atoms with Gasteiger partial charge in [0.25, 0.3) is 0 Å². The summed E-state index contributed by atoms with van der Waals surface area (Å²) in [6.45, 7) is 0. The van der Waals surface area contributed by atoms with Crippen LogP contribution in [0, 0.1) is 11.7 Å². The van der Waals surface area contributed by atoms with E-state index in [4.69, 9.17) is 4.74 Å². The summed E-state index contributed by atoms with van der Waals surface area (Å²) in [5.41, 5.74) is 7.10. The molecule has 9 heteroatoms. The van der Waals surface area contributed by atoms with Crippen molar-refractivity contribution in [2.45, 2.75) is 12.8 Å². The number of carbonyl (C=O) groups is 1. The Kier molecular flexibility index (Phi) is 5.36. The fourth-order valence-corrected chi connectivity index (χ4v) is 4.90. The predicted molar refractivity (Wildman–Crippen MR) is 148 cm³/mol. The summed E-state index contributed by atoms with van der Waals surface area (Å²) >= 11 is 0. The quantitative estimate of drug-likeness (QED) is 0.239. The minimum Gasteiger partial charge on any atom is -0.497 e. The number of nitrogens with zero attached hydrogens (tertiary/aromatic N) is 3. The molecule has 192 valence electrons. The van der Waals surface area contributed by atoms with Gasteiger partial charge in [-0.05, 0) is 72.0 Å². The van der Waals surface area contributed by atoms with Gasteiger partial charge >= 0.3 is 0 Å². The van der Waals surface area contributed by atoms with Crippen LogP contribution in [0.4, 0.5) is 10.1 Å². The van der Waals surface area contributed by atoms with E-state index in [0.717, 1.165) is 57.2 Å². The van der Waals surface area contributed by atoms with Crippen molar-refractivity contribution in [3.8, 4) is 39.4 Å². The zero-order valence-corrected chi connectivity index (χ0v) is 21.0. The Labute approximate surface area is 222 Å². The molecule has 1 aliphatic carbocycles. The van der Waals surface area contributed by atoms with Crippen LogP contribution >= 0.6 is 0 Å². The van der Waals surface area contributed by atoms with E-state index in [2.05, 4.69) is 36.5 Å². The van der Waals surface area contributed by atoms with Crippen molar-refractivity contribution in [3.63, 3.8) is 0 Å². The first-order chi connectivity index (χ1) is 19.1. The molecule has 4 aromatic heterocycles. The Morgan fingerprint density at radius 2 is 1.90 bits per heavy atom. The van der Waals surface area contributed by atoms with Gasteiger partial charge in [-0.3, -0.25) is 14.9 Å². The highest BCUT2D eigenvalue weighted by Crippen LogP contribution is 2.36. The van der Waals surface area contributed by atoms with Crippen molar-refractivity contribution < 1.29 is 13.9 Å². The minimum absolute atomic E-state index is 0.0463. The van der Waals surface area contributed by atoms with Crippen molar-refractivity contribution in [1.82, 2.24) is 25.1 Å². The lowest BCUT2D eigenvalue weighted by Gasteiger charge is -2.07. The van der Waals surface area contributed by atoms with Crippen LogP contribution in [0.15, 0.2) is 73.2 Å². The smallest absolute Gasteiger partial charge is 0.227 e. The summed E-state index contributed by atoms with van der Waals surface area (Å²) < 4.78 is 19.5. The van der Waals surface area contributed by atoms with E-state index >= 15 is 0 Å². The number of pyridine rings is 2. The molecule has 6 aromatic rings. The highest BCUT2D eigenvalue weighted by Gasteiger charge is 2.29. The van der Waals surface area contributed by atoms with Crippen LogP contribution in [0.2, 0.25) is 0 Å². The van der Waals surface area contributed by atoms with Gasteiger partial charge in [0.2, 0.25) is 5.91 Å². The largest absolute Gasteiger partial charge is 0.497 e. The van der Waals surface area contributed by atoms with Crippen LogP contribution in [0.5, 0.6) is 5.75 Å². The average molecular weight is 519 g/mol. The number of benzene rings is 2. The first kappa shape index (κ1) is 23.1. The average Bonchev–Trinajstić information content (AvgIpc) is 3.58. The van der Waals surface area contributed by atoms with Crippen LogP contribution in [-0.4, -0.2) is 38.2 Å². The molecule has 1 aliphatic rings. The molecule has 0 unspecified atom stereocenters. The lowest BCUT2D eigenvalue weighted by molar-refractivity contribution is -0.117. The van der Waals surface area contributed by atoms with E-state index in [-0.39, 0.29) is 17.6 Å². The SMILES string of the molecule is COc1cc(F)cc(-c2ccnc3[nH]c(-c4n[nH]c5ccc(-c6cncc(NC(=O)C7CC7)c6)cc45)cc23)c1. The summed E-state index contributed by atoms with van der Waals surface area (Å²) in [5, 5.41) is 12.4. The number of H-pyrrole nitrogens is 2. The molecule has 1 saturated carbocycles. The number of anilines is 1. The van der Waals surface area contributed by atoms with E-state index in [1.54, 1.807) is 24.7 Å². The molecule has 1 fully saturated rings. The number of amides is 1. The molecule has 1 amide bonds. The summed E-state index contributed by atoms with van der Waals surface area (Å²) in [5.74, 6) is 0.238. The number of ether oxygens (including phenoxy) is 1. The number of carbonyl (C=O) groups excluding carboxylic acids is 1. The van der Waals surface area contributed by atoms with Gasteiger partial charge in [0.05, 0.1) is 30.2 Å². The molecular weight excluding hydrogens is 495 g/mol. The van der Waals surface area contributed by atoms with E-state index in [1.165, 1.54) is 19.2 Å². The fraction of sp³-hybridized carbons (Fsp3) is 0.133. The lowest BCUT2D eigenvalue weighted by Crippen LogP contribution is -2.13. The summed E-state index contributed by atoms with van der Waals surface area (Å²) in [6.07, 6.45) is 7.02. The first-order valence-corrected chi connectivity index (χ1v) is 12.6. The van der Waals surface area contributed by atoms with Gasteiger partial charge in [-0.15, -0.1) is 0 Å². The number of aromatic nitrogens is 5. The number of hydrogen-bond acceptors (Lipinski definition) is 5. The molecule has 8 nitrogen and oxygen atoms in total. The van der Waals surface area contributed by atoms with E-state index in [0.29, 0.717) is 22.6 Å². The second-order valence-corrected chi connectivity index (χ2v) is 9.74. The topological polar surface area (TPSA) is 109 Å². The Balaban J connectivity index is 1.28. The maximum Gasteiger partial charge on any atom is 0.227 e. The molecule has 0 atom stereocenters. The highest BCUT2D eigenvalue weighted by molar-refractivity contribution is 6.01. The van der Waals surface area contributed by atoms with Crippen molar-refractivity contribution >= 4 is 33.5 Å². The van der Waals surface area contributed by atoms with Gasteiger partial charge in [0.15, 0.2) is 0 Å². The summed E-state index contributed by atoms with van der Waals surface area (Å²) in [4.78, 5) is 24.4. The molecule has 3 N–H and O–H groups in total. The summed E-state index contributed by atoms with van der Waals surface area (Å²) in [6, 6.07) is 16.4. The van der Waals surface area contributed by atoms with Crippen LogP contribution < -0.4 is 10.1 Å². The highest BCUT2D eigenvalue weighted by atomic mass is 19.1. The molecule has 0 bridgehead atoms. The predicted octanol–water partition coefficient (Wildman–Crippen LogP) is 6.33. The number of rotatable bonds is 6. The van der Waals surface area contributed by atoms with Crippen LogP contribution in [0.25, 0.3) is 55.6 Å². The van der Waals surface area contributed by atoms with E-state index in [9.17, 15) is 9.18 Å². The third-order valence-electron chi connectivity index (χ3n) is 7.06. The molecule has 2 aromatic carbocycles. The van der Waals surface area contributed by atoms with Crippen molar-refractivity contribution in [1.29, 1.82) is 0 Å². The normalized spacial score (nSPS) is 13.2. The zero-order chi connectivity index (χ0) is 26.5. The van der Waals surface area contributed by atoms with Crippen molar-refractivity contribution in [2.24, 2.45) is 5.92 Å². The summed E-state index contributed by atoms with van der Waals surface area (Å²) in [7, 11) is 1.52. The maximum atomic E-state index is 14.3. The Morgan fingerprint density at radius 3 is 2.74 bits per heavy atom. The van der Waals surface area contributed by atoms with Gasteiger partial charge in [-0.1, -0.05) is 6.07 Å². The number of methoxy groups -OCH3 is 1. The second kappa shape index (κ2) is 9.05. The standard InChI is InChI=1S/C30H23FN6O2/c1-39-22-10-18(8-20(31)12-22)23-6-7-33-29-24(23)13-27(35-29)28-25-11-17(4-5-26(25)36-37-28)19-9-21(15-32-14-19)34-30(38)16-2-3-16/h4-16H,2-3H2,1H3,(H,33,35)(H,34,38)(H,36,37). The van der Waals surface area contributed by atoms with E-state index < -0.39 is 0 Å². The number of halogens is 1. The molecule has 4 heterocycles. The Hall–Kier alpha value is -5.05. The molecule has 0 radical (unpaired) electrons. The molecule has 7 rings (SSSR count).